The molecule has 0 radical (unpaired) electrons. The molecule has 0 aliphatic carbocycles. The molecule has 11 heteroatoms. The molecule has 0 bridgehead atoms. The number of morpholine rings is 1. The molecule has 0 saturated carbocycles. The van der Waals surface area contributed by atoms with Crippen molar-refractivity contribution in [2.45, 2.75) is 19.6 Å². The first-order valence-electron chi connectivity index (χ1n) is 11.6. The van der Waals surface area contributed by atoms with E-state index < -0.39 is 6.10 Å². The van der Waals surface area contributed by atoms with Gasteiger partial charge in [0, 0.05) is 32.9 Å². The zero-order valence-electron chi connectivity index (χ0n) is 20.1. The highest BCUT2D eigenvalue weighted by Gasteiger charge is 2.26. The lowest BCUT2D eigenvalue weighted by atomic mass is 10.1. The van der Waals surface area contributed by atoms with Crippen molar-refractivity contribution in [1.82, 2.24) is 29.3 Å². The number of hydrogen-bond acceptors (Lipinski definition) is 9. The molecule has 1 aliphatic heterocycles. The van der Waals surface area contributed by atoms with Gasteiger partial charge in [0.1, 0.15) is 11.9 Å². The minimum atomic E-state index is -0.570. The number of methoxy groups -OCH3 is 2. The van der Waals surface area contributed by atoms with E-state index in [-0.39, 0.29) is 6.61 Å². The molecule has 1 fully saturated rings. The van der Waals surface area contributed by atoms with Gasteiger partial charge in [0.05, 0.1) is 32.5 Å². The molecule has 1 aliphatic rings. The summed E-state index contributed by atoms with van der Waals surface area (Å²) in [5.41, 5.74) is 3.14. The molecule has 4 aromatic rings. The largest absolute Gasteiger partial charge is 0.479 e. The number of aliphatic hydroxyl groups excluding tert-OH is 1. The molecular weight excluding hydrogens is 450 g/mol. The first-order valence-corrected chi connectivity index (χ1v) is 11.6. The van der Waals surface area contributed by atoms with Crippen molar-refractivity contribution in [1.29, 1.82) is 0 Å². The molecule has 11 nitrogen and oxygen atoms in total. The van der Waals surface area contributed by atoms with Crippen LogP contribution in [0.25, 0.3) is 28.2 Å². The fraction of sp³-hybridized carbons (Fsp3) is 0.417. The van der Waals surface area contributed by atoms with Gasteiger partial charge in [-0.3, -0.25) is 0 Å². The Morgan fingerprint density at radius 3 is 2.51 bits per heavy atom. The lowest BCUT2D eigenvalue weighted by Gasteiger charge is -2.28. The van der Waals surface area contributed by atoms with Crippen molar-refractivity contribution >= 4 is 17.0 Å². The van der Waals surface area contributed by atoms with Gasteiger partial charge >= 0.3 is 0 Å². The Kier molecular flexibility index (Phi) is 6.62. The van der Waals surface area contributed by atoms with E-state index >= 15 is 0 Å². The third-order valence-corrected chi connectivity index (χ3v) is 6.12. The Balaban J connectivity index is 1.71. The Morgan fingerprint density at radius 1 is 1.09 bits per heavy atom. The standard InChI is InChI=1S/C24H29N7O4/c1-4-30-20(18(15-32)33-2)25-19-21(29-10-12-35-13-11-29)26-24(27-22(19)30)31-14-17(23(28-31)34-3)16-8-6-5-7-9-16/h5-9,14,18,32H,4,10-13,15H2,1-3H3. The van der Waals surface area contributed by atoms with Crippen LogP contribution < -0.4 is 9.64 Å². The van der Waals surface area contributed by atoms with Crippen molar-refractivity contribution in [3.05, 3.63) is 42.4 Å². The molecule has 1 saturated heterocycles. The Hall–Kier alpha value is -3.54. The van der Waals surface area contributed by atoms with Crippen LogP contribution in [-0.2, 0) is 16.0 Å². The van der Waals surface area contributed by atoms with E-state index in [0.29, 0.717) is 67.5 Å². The predicted octanol–water partition coefficient (Wildman–Crippen LogP) is 2.22. The minimum Gasteiger partial charge on any atom is -0.479 e. The predicted molar refractivity (Wildman–Crippen MR) is 130 cm³/mol. The number of aryl methyl sites for hydroxylation is 1. The van der Waals surface area contributed by atoms with Crippen LogP contribution in [0.1, 0.15) is 18.9 Å². The summed E-state index contributed by atoms with van der Waals surface area (Å²) >= 11 is 0. The van der Waals surface area contributed by atoms with E-state index in [1.807, 2.05) is 48.0 Å². The summed E-state index contributed by atoms with van der Waals surface area (Å²) in [5, 5.41) is 14.5. The number of rotatable bonds is 8. The second-order valence-electron chi connectivity index (χ2n) is 8.10. The van der Waals surface area contributed by atoms with Crippen LogP contribution in [0.4, 0.5) is 5.82 Å². The lowest BCUT2D eigenvalue weighted by Crippen LogP contribution is -2.37. The number of benzene rings is 1. The normalized spacial score (nSPS) is 15.0. The van der Waals surface area contributed by atoms with E-state index in [2.05, 4.69) is 10.00 Å². The number of fused-ring (bicyclic) bond motifs is 1. The van der Waals surface area contributed by atoms with E-state index in [9.17, 15) is 5.11 Å². The monoisotopic (exact) mass is 479 g/mol. The van der Waals surface area contributed by atoms with Gasteiger partial charge in [-0.15, -0.1) is 5.10 Å². The second-order valence-corrected chi connectivity index (χ2v) is 8.10. The highest BCUT2D eigenvalue weighted by molar-refractivity contribution is 5.85. The third kappa shape index (κ3) is 4.22. The summed E-state index contributed by atoms with van der Waals surface area (Å²) in [6.07, 6.45) is 1.30. The van der Waals surface area contributed by atoms with Crippen molar-refractivity contribution < 1.29 is 19.3 Å². The Morgan fingerprint density at radius 2 is 1.86 bits per heavy atom. The number of hydrogen-bond donors (Lipinski definition) is 1. The molecule has 35 heavy (non-hydrogen) atoms. The van der Waals surface area contributed by atoms with Crippen molar-refractivity contribution in [3.63, 3.8) is 0 Å². The fourth-order valence-electron chi connectivity index (χ4n) is 4.34. The third-order valence-electron chi connectivity index (χ3n) is 6.12. The maximum absolute atomic E-state index is 9.87. The van der Waals surface area contributed by atoms with Gasteiger partial charge < -0.3 is 28.8 Å². The summed E-state index contributed by atoms with van der Waals surface area (Å²) in [5.74, 6) is 2.19. The van der Waals surface area contributed by atoms with Crippen molar-refractivity contribution in [2.24, 2.45) is 0 Å². The second kappa shape index (κ2) is 9.98. The molecule has 184 valence electrons. The van der Waals surface area contributed by atoms with Crippen LogP contribution in [0.5, 0.6) is 5.88 Å². The first-order chi connectivity index (χ1) is 17.2. The topological polar surface area (TPSA) is 113 Å². The summed E-state index contributed by atoms with van der Waals surface area (Å²) in [6, 6.07) is 9.92. The van der Waals surface area contributed by atoms with Crippen LogP contribution in [0.15, 0.2) is 36.5 Å². The average molecular weight is 480 g/mol. The average Bonchev–Trinajstić information content (AvgIpc) is 3.51. The van der Waals surface area contributed by atoms with Crippen LogP contribution in [0.3, 0.4) is 0 Å². The van der Waals surface area contributed by atoms with Gasteiger partial charge in [-0.2, -0.15) is 9.97 Å². The van der Waals surface area contributed by atoms with E-state index in [1.165, 1.54) is 0 Å². The molecule has 3 aromatic heterocycles. The number of ether oxygens (including phenoxy) is 3. The minimum absolute atomic E-state index is 0.191. The van der Waals surface area contributed by atoms with Crippen LogP contribution in [0, 0.1) is 0 Å². The van der Waals surface area contributed by atoms with Crippen LogP contribution >= 0.6 is 0 Å². The molecule has 1 atom stereocenters. The first kappa shape index (κ1) is 23.2. The highest BCUT2D eigenvalue weighted by atomic mass is 16.5. The maximum atomic E-state index is 9.87. The van der Waals surface area contributed by atoms with Gasteiger partial charge in [0.15, 0.2) is 17.0 Å². The van der Waals surface area contributed by atoms with Gasteiger partial charge in [-0.25, -0.2) is 9.67 Å². The van der Waals surface area contributed by atoms with Crippen LogP contribution in [0.2, 0.25) is 0 Å². The smallest absolute Gasteiger partial charge is 0.254 e. The SMILES string of the molecule is CCn1c(C(CO)OC)nc2c(N3CCOCC3)nc(-n3cc(-c4ccccc4)c(OC)n3)nc21. The quantitative estimate of drug-likeness (QED) is 0.406. The molecule has 1 unspecified atom stereocenters. The fourth-order valence-corrected chi connectivity index (χ4v) is 4.34. The molecule has 0 amide bonds. The summed E-state index contributed by atoms with van der Waals surface area (Å²) < 4.78 is 20.2. The zero-order valence-corrected chi connectivity index (χ0v) is 20.1. The van der Waals surface area contributed by atoms with Crippen molar-refractivity contribution in [3.8, 4) is 23.0 Å². The molecule has 0 spiro atoms. The summed E-state index contributed by atoms with van der Waals surface area (Å²) in [7, 11) is 3.15. The number of nitrogens with zero attached hydrogens (tertiary/aromatic N) is 7. The maximum Gasteiger partial charge on any atom is 0.254 e. The molecule has 1 N–H and O–H groups in total. The van der Waals surface area contributed by atoms with Crippen LogP contribution in [-0.4, -0.2) is 81.5 Å². The van der Waals surface area contributed by atoms with Gasteiger partial charge in [-0.1, -0.05) is 30.3 Å². The van der Waals surface area contributed by atoms with Gasteiger partial charge in [0.25, 0.3) is 5.95 Å². The number of imidazole rings is 1. The van der Waals surface area contributed by atoms with E-state index in [4.69, 9.17) is 29.2 Å². The Bertz CT molecular complexity index is 1290. The molecular formula is C24H29N7O4. The van der Waals surface area contributed by atoms with E-state index in [0.717, 1.165) is 11.1 Å². The molecule has 4 heterocycles. The van der Waals surface area contributed by atoms with Crippen molar-refractivity contribution in [2.75, 3.05) is 52.0 Å². The molecule has 5 rings (SSSR count). The van der Waals surface area contributed by atoms with Gasteiger partial charge in [0.2, 0.25) is 5.88 Å². The number of aliphatic hydroxyl groups is 1. The highest BCUT2D eigenvalue weighted by Crippen LogP contribution is 2.32. The van der Waals surface area contributed by atoms with Gasteiger partial charge in [-0.05, 0) is 12.5 Å². The lowest BCUT2D eigenvalue weighted by molar-refractivity contribution is 0.0403. The summed E-state index contributed by atoms with van der Waals surface area (Å²) in [6.45, 7) is 5.00. The number of aromatic nitrogens is 6. The number of anilines is 1. The zero-order chi connectivity index (χ0) is 24.4. The summed E-state index contributed by atoms with van der Waals surface area (Å²) in [4.78, 5) is 16.8. The molecule has 1 aromatic carbocycles. The Labute approximate surface area is 202 Å². The van der Waals surface area contributed by atoms with E-state index in [1.54, 1.807) is 18.9 Å².